The lowest BCUT2D eigenvalue weighted by Crippen LogP contribution is -2.31. The van der Waals surface area contributed by atoms with Crippen molar-refractivity contribution in [1.82, 2.24) is 10.6 Å². The van der Waals surface area contributed by atoms with E-state index in [9.17, 15) is 19.7 Å². The minimum atomic E-state index is -0.752. The summed E-state index contributed by atoms with van der Waals surface area (Å²) < 4.78 is 0. The fourth-order valence-electron chi connectivity index (χ4n) is 1.88. The summed E-state index contributed by atoms with van der Waals surface area (Å²) in [6.45, 7) is 1.81. The van der Waals surface area contributed by atoms with E-state index in [0.717, 1.165) is 5.56 Å². The molecule has 7 nitrogen and oxygen atoms in total. The molecule has 0 aliphatic carbocycles. The van der Waals surface area contributed by atoms with Crippen molar-refractivity contribution in [3.8, 4) is 0 Å². The molecule has 1 aromatic rings. The lowest BCUT2D eigenvalue weighted by Gasteiger charge is -2.08. The van der Waals surface area contributed by atoms with Crippen molar-refractivity contribution in [3.05, 3.63) is 39.4 Å². The molecule has 18 heavy (non-hydrogen) atoms. The average Bonchev–Trinajstić information content (AvgIpc) is 2.57. The van der Waals surface area contributed by atoms with Gasteiger partial charge in [-0.15, -0.1) is 0 Å². The molecule has 1 aromatic carbocycles. The number of hydrogen-bond donors (Lipinski definition) is 2. The van der Waals surface area contributed by atoms with Gasteiger partial charge in [0.05, 0.1) is 4.92 Å². The first-order valence-corrected chi connectivity index (χ1v) is 5.32. The predicted molar refractivity (Wildman–Crippen MR) is 62.0 cm³/mol. The molecule has 1 heterocycles. The largest absolute Gasteiger partial charge is 0.326 e. The molecule has 0 saturated carbocycles. The molecule has 0 aromatic heterocycles. The van der Waals surface area contributed by atoms with Crippen molar-refractivity contribution in [2.75, 3.05) is 0 Å². The Hall–Kier alpha value is -2.44. The first kappa shape index (κ1) is 12.0. The number of nitro groups is 1. The number of benzene rings is 1. The number of carbonyl (C=O) groups is 2. The summed E-state index contributed by atoms with van der Waals surface area (Å²) in [6.07, 6.45) is 0.107. The maximum atomic E-state index is 11.4. The van der Waals surface area contributed by atoms with Gasteiger partial charge < -0.3 is 5.32 Å². The molecule has 3 amide bonds. The van der Waals surface area contributed by atoms with E-state index in [4.69, 9.17) is 0 Å². The number of amides is 3. The highest BCUT2D eigenvalue weighted by Gasteiger charge is 2.31. The van der Waals surface area contributed by atoms with E-state index < -0.39 is 22.9 Å². The van der Waals surface area contributed by atoms with Crippen LogP contribution in [0.3, 0.4) is 0 Å². The number of rotatable bonds is 3. The van der Waals surface area contributed by atoms with E-state index >= 15 is 0 Å². The fourth-order valence-corrected chi connectivity index (χ4v) is 1.88. The zero-order valence-electron chi connectivity index (χ0n) is 9.60. The number of nitrogens with one attached hydrogen (secondary N) is 2. The zero-order valence-corrected chi connectivity index (χ0v) is 9.60. The molecule has 1 unspecified atom stereocenters. The summed E-state index contributed by atoms with van der Waals surface area (Å²) in [5.41, 5.74) is 1.25. The van der Waals surface area contributed by atoms with Crippen LogP contribution in [0.1, 0.15) is 11.1 Å². The van der Waals surface area contributed by atoms with Gasteiger partial charge in [0, 0.05) is 18.1 Å². The van der Waals surface area contributed by atoms with Crippen LogP contribution in [0.4, 0.5) is 10.5 Å². The van der Waals surface area contributed by atoms with E-state index in [-0.39, 0.29) is 12.1 Å². The van der Waals surface area contributed by atoms with Crippen molar-refractivity contribution in [2.24, 2.45) is 0 Å². The monoisotopic (exact) mass is 249 g/mol. The topological polar surface area (TPSA) is 101 Å². The van der Waals surface area contributed by atoms with Gasteiger partial charge in [0.25, 0.3) is 11.6 Å². The molecule has 94 valence electrons. The molecule has 7 heteroatoms. The zero-order chi connectivity index (χ0) is 13.3. The van der Waals surface area contributed by atoms with Gasteiger partial charge in [-0.2, -0.15) is 0 Å². The number of nitrogens with zero attached hydrogens (tertiary/aromatic N) is 1. The van der Waals surface area contributed by atoms with Crippen LogP contribution in [0, 0.1) is 17.0 Å². The maximum Gasteiger partial charge on any atom is 0.322 e. The third kappa shape index (κ3) is 2.29. The Morgan fingerprint density at radius 1 is 1.39 bits per heavy atom. The van der Waals surface area contributed by atoms with Crippen LogP contribution >= 0.6 is 0 Å². The van der Waals surface area contributed by atoms with Gasteiger partial charge in [-0.05, 0) is 13.0 Å². The Labute approximate surface area is 102 Å². The third-order valence-electron chi connectivity index (χ3n) is 2.71. The molecule has 1 aliphatic heterocycles. The Morgan fingerprint density at radius 2 is 2.11 bits per heavy atom. The fraction of sp³-hybridized carbons (Fsp3) is 0.273. The highest BCUT2D eigenvalue weighted by atomic mass is 16.6. The summed E-state index contributed by atoms with van der Waals surface area (Å²) in [6, 6.07) is 3.36. The number of urea groups is 1. The van der Waals surface area contributed by atoms with Crippen molar-refractivity contribution in [1.29, 1.82) is 0 Å². The van der Waals surface area contributed by atoms with E-state index in [2.05, 4.69) is 10.6 Å². The van der Waals surface area contributed by atoms with Gasteiger partial charge in [-0.25, -0.2) is 4.79 Å². The number of hydrogen-bond acceptors (Lipinski definition) is 4. The molecular formula is C11H11N3O4. The standard InChI is InChI=1S/C11H11N3O4/c1-6-2-3-9(14(17)18)7(4-6)5-8-10(15)13-11(16)12-8/h2-4,8H,5H2,1H3,(H2,12,13,15,16). The van der Waals surface area contributed by atoms with Crippen LogP contribution in [0.2, 0.25) is 0 Å². The van der Waals surface area contributed by atoms with Gasteiger partial charge >= 0.3 is 6.03 Å². The van der Waals surface area contributed by atoms with Crippen LogP contribution in [-0.2, 0) is 11.2 Å². The predicted octanol–water partition coefficient (Wildman–Crippen LogP) is 0.654. The lowest BCUT2D eigenvalue weighted by atomic mass is 10.0. The second-order valence-corrected chi connectivity index (χ2v) is 4.11. The Kier molecular flexibility index (Phi) is 2.97. The van der Waals surface area contributed by atoms with Crippen molar-refractivity contribution in [3.63, 3.8) is 0 Å². The summed E-state index contributed by atoms with van der Waals surface area (Å²) >= 11 is 0. The summed E-state index contributed by atoms with van der Waals surface area (Å²) in [7, 11) is 0. The molecular weight excluding hydrogens is 238 g/mol. The van der Waals surface area contributed by atoms with Gasteiger partial charge in [0.1, 0.15) is 6.04 Å². The van der Waals surface area contributed by atoms with E-state index in [1.165, 1.54) is 6.07 Å². The van der Waals surface area contributed by atoms with Crippen LogP contribution < -0.4 is 10.6 Å². The van der Waals surface area contributed by atoms with Crippen molar-refractivity contribution in [2.45, 2.75) is 19.4 Å². The number of carbonyl (C=O) groups excluding carboxylic acids is 2. The molecule has 1 atom stereocenters. The van der Waals surface area contributed by atoms with Gasteiger partial charge in [-0.3, -0.25) is 20.2 Å². The molecule has 1 aliphatic rings. The SMILES string of the molecule is Cc1ccc([N+](=O)[O-])c(CC2NC(=O)NC2=O)c1. The van der Waals surface area contributed by atoms with E-state index in [1.807, 2.05) is 0 Å². The second-order valence-electron chi connectivity index (χ2n) is 4.11. The van der Waals surface area contributed by atoms with Crippen molar-refractivity contribution < 1.29 is 14.5 Å². The highest BCUT2D eigenvalue weighted by molar-refractivity contribution is 6.04. The number of aryl methyl sites for hydroxylation is 1. The molecule has 2 N–H and O–H groups in total. The van der Waals surface area contributed by atoms with E-state index in [0.29, 0.717) is 5.56 Å². The van der Waals surface area contributed by atoms with Gasteiger partial charge in [-0.1, -0.05) is 11.6 Å². The van der Waals surface area contributed by atoms with Crippen LogP contribution in [0.5, 0.6) is 0 Å². The van der Waals surface area contributed by atoms with Crippen LogP contribution in [-0.4, -0.2) is 22.9 Å². The van der Waals surface area contributed by atoms with Crippen LogP contribution in [0.15, 0.2) is 18.2 Å². The minimum absolute atomic E-state index is 0.0467. The Bertz CT molecular complexity index is 541. The molecule has 1 fully saturated rings. The molecule has 0 radical (unpaired) electrons. The number of nitro benzene ring substituents is 1. The maximum absolute atomic E-state index is 11.4. The summed E-state index contributed by atoms with van der Waals surface area (Å²) in [5, 5.41) is 15.4. The lowest BCUT2D eigenvalue weighted by molar-refractivity contribution is -0.385. The second kappa shape index (κ2) is 4.44. The Morgan fingerprint density at radius 3 is 2.67 bits per heavy atom. The molecule has 2 rings (SSSR count). The van der Waals surface area contributed by atoms with Gasteiger partial charge in [0.2, 0.25) is 0 Å². The summed E-state index contributed by atoms with van der Waals surface area (Å²) in [5.74, 6) is -0.462. The molecule has 0 bridgehead atoms. The summed E-state index contributed by atoms with van der Waals surface area (Å²) in [4.78, 5) is 32.7. The first-order valence-electron chi connectivity index (χ1n) is 5.32. The molecule has 0 spiro atoms. The van der Waals surface area contributed by atoms with E-state index in [1.54, 1.807) is 19.1 Å². The highest BCUT2D eigenvalue weighted by Crippen LogP contribution is 2.21. The molecule has 1 saturated heterocycles. The van der Waals surface area contributed by atoms with Crippen LogP contribution in [0.25, 0.3) is 0 Å². The Balaban J connectivity index is 2.28. The quantitative estimate of drug-likeness (QED) is 0.466. The van der Waals surface area contributed by atoms with Gasteiger partial charge in [0.15, 0.2) is 0 Å². The first-order chi connectivity index (χ1) is 8.47. The smallest absolute Gasteiger partial charge is 0.322 e. The average molecular weight is 249 g/mol. The number of imide groups is 1. The third-order valence-corrected chi connectivity index (χ3v) is 2.71. The normalized spacial score (nSPS) is 18.4. The van der Waals surface area contributed by atoms with Crippen molar-refractivity contribution >= 4 is 17.6 Å². The minimum Gasteiger partial charge on any atom is -0.326 e.